The predicted molar refractivity (Wildman–Crippen MR) is 115 cm³/mol. The van der Waals surface area contributed by atoms with Crippen LogP contribution in [0.2, 0.25) is 0 Å². The fraction of sp³-hybridized carbons (Fsp3) is 0.591. The number of primary amides is 1. The van der Waals surface area contributed by atoms with E-state index < -0.39 is 17.0 Å². The van der Waals surface area contributed by atoms with Crippen molar-refractivity contribution < 1.29 is 23.9 Å². The highest BCUT2D eigenvalue weighted by atomic mass is 16.6. The number of carbonyl (C=O) groups excluding carboxylic acids is 3. The topological polar surface area (TPSA) is 123 Å². The molecule has 1 aliphatic carbocycles. The van der Waals surface area contributed by atoms with Crippen LogP contribution in [-0.4, -0.2) is 60.8 Å². The number of methoxy groups -OCH3 is 1. The van der Waals surface area contributed by atoms with Crippen molar-refractivity contribution in [1.82, 2.24) is 10.2 Å². The van der Waals surface area contributed by atoms with E-state index in [2.05, 4.69) is 10.6 Å². The molecular weight excluding hydrogens is 400 g/mol. The number of amides is 2. The standard InChI is InChI=1S/C22H32N4O5/c1-21(2,3)31-20(29)26-10-9-24-13-17(26)14-5-7-16(8-6-14)25-22(19(23)28)11-15(12-22)18(27)30-4/h5-8,15,17,24-25H,9-13H2,1-4H3,(H2,23,28). The number of hydrogen-bond donors (Lipinski definition) is 3. The van der Waals surface area contributed by atoms with Gasteiger partial charge in [0.15, 0.2) is 0 Å². The minimum Gasteiger partial charge on any atom is -0.469 e. The molecule has 170 valence electrons. The van der Waals surface area contributed by atoms with E-state index in [0.717, 1.165) is 11.3 Å². The van der Waals surface area contributed by atoms with E-state index in [-0.39, 0.29) is 24.0 Å². The summed E-state index contributed by atoms with van der Waals surface area (Å²) < 4.78 is 10.3. The summed E-state index contributed by atoms with van der Waals surface area (Å²) in [6.45, 7) is 7.43. The summed E-state index contributed by atoms with van der Waals surface area (Å²) in [6.07, 6.45) is 0.267. The van der Waals surface area contributed by atoms with Gasteiger partial charge in [-0.1, -0.05) is 12.1 Å². The summed E-state index contributed by atoms with van der Waals surface area (Å²) in [5, 5.41) is 6.51. The van der Waals surface area contributed by atoms with Crippen LogP contribution in [-0.2, 0) is 19.1 Å². The van der Waals surface area contributed by atoms with Crippen molar-refractivity contribution >= 4 is 23.7 Å². The molecule has 1 atom stereocenters. The van der Waals surface area contributed by atoms with E-state index in [9.17, 15) is 14.4 Å². The predicted octanol–water partition coefficient (Wildman–Crippen LogP) is 1.79. The molecule has 4 N–H and O–H groups in total. The van der Waals surface area contributed by atoms with Gasteiger partial charge < -0.3 is 25.8 Å². The van der Waals surface area contributed by atoms with Crippen molar-refractivity contribution in [2.75, 3.05) is 32.1 Å². The zero-order valence-electron chi connectivity index (χ0n) is 18.6. The summed E-state index contributed by atoms with van der Waals surface area (Å²) in [5.41, 5.74) is 5.77. The van der Waals surface area contributed by atoms with Gasteiger partial charge in [-0.25, -0.2) is 4.79 Å². The molecule has 2 amide bonds. The molecule has 9 nitrogen and oxygen atoms in total. The first-order chi connectivity index (χ1) is 14.5. The maximum Gasteiger partial charge on any atom is 0.410 e. The fourth-order valence-corrected chi connectivity index (χ4v) is 4.09. The normalized spacial score (nSPS) is 25.9. The number of nitrogens with two attached hydrogens (primary N) is 1. The van der Waals surface area contributed by atoms with Gasteiger partial charge in [-0.3, -0.25) is 14.5 Å². The molecule has 1 unspecified atom stereocenters. The Labute approximate surface area is 182 Å². The lowest BCUT2D eigenvalue weighted by atomic mass is 9.67. The average molecular weight is 433 g/mol. The van der Waals surface area contributed by atoms with Crippen LogP contribution in [0.4, 0.5) is 10.5 Å². The Morgan fingerprint density at radius 1 is 1.19 bits per heavy atom. The van der Waals surface area contributed by atoms with Crippen LogP contribution in [0, 0.1) is 5.92 Å². The second-order valence-electron chi connectivity index (χ2n) is 9.22. The summed E-state index contributed by atoms with van der Waals surface area (Å²) in [6, 6.07) is 7.39. The third-order valence-corrected chi connectivity index (χ3v) is 5.75. The van der Waals surface area contributed by atoms with Crippen LogP contribution in [0.3, 0.4) is 0 Å². The Morgan fingerprint density at radius 3 is 2.39 bits per heavy atom. The maximum absolute atomic E-state index is 12.7. The number of rotatable bonds is 5. The Morgan fingerprint density at radius 2 is 1.84 bits per heavy atom. The van der Waals surface area contributed by atoms with Gasteiger partial charge >= 0.3 is 12.1 Å². The Hall–Kier alpha value is -2.81. The van der Waals surface area contributed by atoms with Crippen LogP contribution in [0.15, 0.2) is 24.3 Å². The monoisotopic (exact) mass is 432 g/mol. The molecule has 1 saturated carbocycles. The first kappa shape index (κ1) is 22.9. The molecule has 1 heterocycles. The molecule has 9 heteroatoms. The van der Waals surface area contributed by atoms with Gasteiger partial charge in [0.25, 0.3) is 0 Å². The van der Waals surface area contributed by atoms with E-state index in [1.165, 1.54) is 7.11 Å². The molecule has 0 radical (unpaired) electrons. The van der Waals surface area contributed by atoms with Crippen molar-refractivity contribution in [3.8, 4) is 0 Å². The van der Waals surface area contributed by atoms with Crippen molar-refractivity contribution in [1.29, 1.82) is 0 Å². The molecule has 0 bridgehead atoms. The number of nitrogens with zero attached hydrogens (tertiary/aromatic N) is 1. The van der Waals surface area contributed by atoms with Gasteiger partial charge in [0.05, 0.1) is 19.1 Å². The number of esters is 1. The van der Waals surface area contributed by atoms with Crippen LogP contribution in [0.5, 0.6) is 0 Å². The average Bonchev–Trinajstić information content (AvgIpc) is 2.68. The number of ether oxygens (including phenoxy) is 2. The number of nitrogens with one attached hydrogen (secondary N) is 2. The van der Waals surface area contributed by atoms with Crippen LogP contribution < -0.4 is 16.4 Å². The number of benzene rings is 1. The van der Waals surface area contributed by atoms with Crippen molar-refractivity contribution in [3.63, 3.8) is 0 Å². The minimum absolute atomic E-state index is 0.157. The van der Waals surface area contributed by atoms with Crippen LogP contribution in [0.25, 0.3) is 0 Å². The largest absolute Gasteiger partial charge is 0.469 e. The Balaban J connectivity index is 1.70. The summed E-state index contributed by atoms with van der Waals surface area (Å²) in [7, 11) is 1.33. The first-order valence-corrected chi connectivity index (χ1v) is 10.5. The highest BCUT2D eigenvalue weighted by Crippen LogP contribution is 2.41. The molecule has 1 saturated heterocycles. The zero-order valence-corrected chi connectivity index (χ0v) is 18.6. The molecule has 2 fully saturated rings. The summed E-state index contributed by atoms with van der Waals surface area (Å²) >= 11 is 0. The SMILES string of the molecule is COC(=O)C1CC(Nc2ccc(C3CNCCN3C(=O)OC(C)(C)C)cc2)(C(N)=O)C1. The first-order valence-electron chi connectivity index (χ1n) is 10.5. The molecule has 31 heavy (non-hydrogen) atoms. The lowest BCUT2D eigenvalue weighted by Gasteiger charge is -2.44. The number of anilines is 1. The van der Waals surface area contributed by atoms with Crippen molar-refractivity contribution in [3.05, 3.63) is 29.8 Å². The molecule has 2 aliphatic rings. The number of hydrogen-bond acceptors (Lipinski definition) is 7. The van der Waals surface area contributed by atoms with Gasteiger partial charge in [0, 0.05) is 25.3 Å². The quantitative estimate of drug-likeness (QED) is 0.606. The second kappa shape index (κ2) is 8.74. The lowest BCUT2D eigenvalue weighted by molar-refractivity contribution is -0.152. The van der Waals surface area contributed by atoms with Crippen molar-refractivity contribution in [2.45, 2.75) is 50.8 Å². The number of piperazine rings is 1. The second-order valence-corrected chi connectivity index (χ2v) is 9.22. The minimum atomic E-state index is -0.963. The van der Waals surface area contributed by atoms with E-state index in [4.69, 9.17) is 15.2 Å². The van der Waals surface area contributed by atoms with E-state index in [1.54, 1.807) is 4.90 Å². The summed E-state index contributed by atoms with van der Waals surface area (Å²) in [5.74, 6) is -1.16. The van der Waals surface area contributed by atoms with Crippen LogP contribution in [0.1, 0.15) is 45.2 Å². The molecule has 1 aromatic carbocycles. The Kier molecular flexibility index (Phi) is 6.45. The number of carbonyl (C=O) groups is 3. The van der Waals surface area contributed by atoms with E-state index in [1.807, 2.05) is 45.0 Å². The highest BCUT2D eigenvalue weighted by Gasteiger charge is 2.52. The zero-order chi connectivity index (χ0) is 22.8. The van der Waals surface area contributed by atoms with Gasteiger partial charge in [0.1, 0.15) is 11.1 Å². The molecule has 0 spiro atoms. The van der Waals surface area contributed by atoms with E-state index >= 15 is 0 Å². The fourth-order valence-electron chi connectivity index (χ4n) is 4.09. The molecule has 3 rings (SSSR count). The molecule has 0 aromatic heterocycles. The molecule has 1 aromatic rings. The molecule has 1 aliphatic heterocycles. The third-order valence-electron chi connectivity index (χ3n) is 5.75. The van der Waals surface area contributed by atoms with Gasteiger partial charge in [-0.2, -0.15) is 0 Å². The highest BCUT2D eigenvalue weighted by molar-refractivity contribution is 5.92. The Bertz CT molecular complexity index is 827. The summed E-state index contributed by atoms with van der Waals surface area (Å²) in [4.78, 5) is 38.1. The van der Waals surface area contributed by atoms with Gasteiger partial charge in [-0.05, 0) is 51.3 Å². The van der Waals surface area contributed by atoms with Gasteiger partial charge in [0.2, 0.25) is 5.91 Å². The maximum atomic E-state index is 12.7. The molecular formula is C22H32N4O5. The van der Waals surface area contributed by atoms with Gasteiger partial charge in [-0.15, -0.1) is 0 Å². The van der Waals surface area contributed by atoms with Crippen molar-refractivity contribution in [2.24, 2.45) is 11.7 Å². The lowest BCUT2D eigenvalue weighted by Crippen LogP contribution is -2.61. The van der Waals surface area contributed by atoms with E-state index in [0.29, 0.717) is 32.5 Å². The third kappa shape index (κ3) is 5.10. The smallest absolute Gasteiger partial charge is 0.410 e. The van der Waals surface area contributed by atoms with Crippen LogP contribution >= 0.6 is 0 Å².